The van der Waals surface area contributed by atoms with Gasteiger partial charge in [0.15, 0.2) is 0 Å². The molecule has 0 saturated heterocycles. The third-order valence-electron chi connectivity index (χ3n) is 3.12. The second-order valence-electron chi connectivity index (χ2n) is 4.49. The Balaban J connectivity index is 2.03. The highest BCUT2D eigenvalue weighted by atomic mass is 16.5. The molecule has 3 rings (SSSR count). The lowest BCUT2D eigenvalue weighted by atomic mass is 10.1. The molecule has 100 valence electrons. The van der Waals surface area contributed by atoms with Gasteiger partial charge >= 0.3 is 0 Å². The van der Waals surface area contributed by atoms with Crippen molar-refractivity contribution >= 4 is 28.0 Å². The molecule has 0 unspecified atom stereocenters. The molecule has 0 aliphatic carbocycles. The van der Waals surface area contributed by atoms with Gasteiger partial charge in [0.2, 0.25) is 0 Å². The first-order chi connectivity index (χ1) is 9.76. The van der Waals surface area contributed by atoms with Crippen LogP contribution in [0, 0.1) is 0 Å². The number of anilines is 3. The SMILES string of the molecule is COc1ccc2c(Nc3cccc(N)c3)ccnc2c1. The lowest BCUT2D eigenvalue weighted by molar-refractivity contribution is 0.415. The summed E-state index contributed by atoms with van der Waals surface area (Å²) in [7, 11) is 1.65. The number of methoxy groups -OCH3 is 1. The van der Waals surface area contributed by atoms with Gasteiger partial charge in [-0.25, -0.2) is 0 Å². The fourth-order valence-electron chi connectivity index (χ4n) is 2.14. The van der Waals surface area contributed by atoms with Crippen LogP contribution in [0.2, 0.25) is 0 Å². The highest BCUT2D eigenvalue weighted by Gasteiger charge is 2.04. The number of rotatable bonds is 3. The molecule has 0 spiro atoms. The molecule has 1 heterocycles. The normalized spacial score (nSPS) is 10.4. The minimum atomic E-state index is 0.732. The quantitative estimate of drug-likeness (QED) is 0.711. The van der Waals surface area contributed by atoms with Gasteiger partial charge in [-0.3, -0.25) is 4.98 Å². The zero-order valence-corrected chi connectivity index (χ0v) is 11.1. The molecule has 0 radical (unpaired) electrons. The molecule has 2 aromatic carbocycles. The number of hydrogen-bond acceptors (Lipinski definition) is 4. The number of fused-ring (bicyclic) bond motifs is 1. The Morgan fingerprint density at radius 2 is 2.00 bits per heavy atom. The van der Waals surface area contributed by atoms with E-state index < -0.39 is 0 Å². The first-order valence-corrected chi connectivity index (χ1v) is 6.31. The molecule has 4 heteroatoms. The van der Waals surface area contributed by atoms with E-state index in [9.17, 15) is 0 Å². The number of nitrogens with two attached hydrogens (primary N) is 1. The van der Waals surface area contributed by atoms with E-state index >= 15 is 0 Å². The van der Waals surface area contributed by atoms with E-state index in [0.717, 1.165) is 33.7 Å². The number of benzene rings is 2. The van der Waals surface area contributed by atoms with E-state index in [4.69, 9.17) is 10.5 Å². The summed E-state index contributed by atoms with van der Waals surface area (Å²) in [5.41, 5.74) is 9.35. The maximum Gasteiger partial charge on any atom is 0.121 e. The zero-order chi connectivity index (χ0) is 13.9. The number of nitrogens with one attached hydrogen (secondary N) is 1. The molecule has 20 heavy (non-hydrogen) atoms. The highest BCUT2D eigenvalue weighted by Crippen LogP contribution is 2.28. The second kappa shape index (κ2) is 5.09. The number of nitrogen functional groups attached to an aromatic ring is 1. The summed E-state index contributed by atoms with van der Waals surface area (Å²) in [5.74, 6) is 0.797. The molecule has 0 bridgehead atoms. The maximum atomic E-state index is 5.79. The number of pyridine rings is 1. The van der Waals surface area contributed by atoms with Crippen molar-refractivity contribution in [1.29, 1.82) is 0 Å². The summed E-state index contributed by atoms with van der Waals surface area (Å²) in [6.07, 6.45) is 1.77. The Kier molecular flexibility index (Phi) is 3.13. The largest absolute Gasteiger partial charge is 0.497 e. The summed E-state index contributed by atoms with van der Waals surface area (Å²) in [4.78, 5) is 4.36. The Bertz CT molecular complexity index is 756. The predicted molar refractivity (Wildman–Crippen MR) is 82.4 cm³/mol. The Morgan fingerprint density at radius 3 is 2.80 bits per heavy atom. The van der Waals surface area contributed by atoms with Gasteiger partial charge in [-0.2, -0.15) is 0 Å². The topological polar surface area (TPSA) is 60.2 Å². The van der Waals surface area contributed by atoms with Crippen molar-refractivity contribution in [2.75, 3.05) is 18.2 Å². The summed E-state index contributed by atoms with van der Waals surface area (Å²) >= 11 is 0. The van der Waals surface area contributed by atoms with Crippen LogP contribution in [-0.2, 0) is 0 Å². The number of ether oxygens (including phenoxy) is 1. The van der Waals surface area contributed by atoms with Crippen molar-refractivity contribution < 1.29 is 4.74 Å². The molecule has 1 aromatic heterocycles. The molecule has 0 atom stereocenters. The van der Waals surface area contributed by atoms with Gasteiger partial charge in [0.1, 0.15) is 5.75 Å². The van der Waals surface area contributed by atoms with Crippen LogP contribution >= 0.6 is 0 Å². The summed E-state index contributed by atoms with van der Waals surface area (Å²) in [6, 6.07) is 15.4. The van der Waals surface area contributed by atoms with Gasteiger partial charge < -0.3 is 15.8 Å². The minimum Gasteiger partial charge on any atom is -0.497 e. The number of nitrogens with zero attached hydrogens (tertiary/aromatic N) is 1. The van der Waals surface area contributed by atoms with Gasteiger partial charge in [-0.15, -0.1) is 0 Å². The fraction of sp³-hybridized carbons (Fsp3) is 0.0625. The molecule has 0 amide bonds. The molecule has 3 N–H and O–H groups in total. The van der Waals surface area contributed by atoms with Crippen LogP contribution < -0.4 is 15.8 Å². The predicted octanol–water partition coefficient (Wildman–Crippen LogP) is 3.57. The Labute approximate surface area is 117 Å². The van der Waals surface area contributed by atoms with Gasteiger partial charge in [0.05, 0.1) is 12.6 Å². The van der Waals surface area contributed by atoms with Gasteiger partial charge in [-0.05, 0) is 36.4 Å². The lowest BCUT2D eigenvalue weighted by Gasteiger charge is -2.10. The monoisotopic (exact) mass is 265 g/mol. The lowest BCUT2D eigenvalue weighted by Crippen LogP contribution is -1.94. The number of aromatic nitrogens is 1. The van der Waals surface area contributed by atoms with Crippen molar-refractivity contribution in [2.24, 2.45) is 0 Å². The van der Waals surface area contributed by atoms with Crippen LogP contribution in [0.15, 0.2) is 54.7 Å². The fourth-order valence-corrected chi connectivity index (χ4v) is 2.14. The first-order valence-electron chi connectivity index (χ1n) is 6.31. The molecular formula is C16H15N3O. The standard InChI is InChI=1S/C16H15N3O/c1-20-13-5-6-14-15(7-8-18-16(14)10-13)19-12-4-2-3-11(17)9-12/h2-10H,17H2,1H3,(H,18,19). The minimum absolute atomic E-state index is 0.732. The van der Waals surface area contributed by atoms with Crippen LogP contribution in [0.5, 0.6) is 5.75 Å². The molecule has 0 saturated carbocycles. The van der Waals surface area contributed by atoms with E-state index in [2.05, 4.69) is 10.3 Å². The summed E-state index contributed by atoms with van der Waals surface area (Å²) in [5, 5.41) is 4.40. The second-order valence-corrected chi connectivity index (χ2v) is 4.49. The highest BCUT2D eigenvalue weighted by molar-refractivity contribution is 5.93. The van der Waals surface area contributed by atoms with Crippen molar-refractivity contribution in [3.63, 3.8) is 0 Å². The Morgan fingerprint density at radius 1 is 1.10 bits per heavy atom. The first kappa shape index (κ1) is 12.3. The van der Waals surface area contributed by atoms with Crippen molar-refractivity contribution in [2.45, 2.75) is 0 Å². The van der Waals surface area contributed by atoms with Crippen LogP contribution in [0.1, 0.15) is 0 Å². The van der Waals surface area contributed by atoms with E-state index in [1.165, 1.54) is 0 Å². The third-order valence-corrected chi connectivity index (χ3v) is 3.12. The van der Waals surface area contributed by atoms with Crippen LogP contribution in [0.3, 0.4) is 0 Å². The molecule has 0 aliphatic heterocycles. The van der Waals surface area contributed by atoms with Crippen LogP contribution in [0.4, 0.5) is 17.1 Å². The molecule has 0 fully saturated rings. The van der Waals surface area contributed by atoms with E-state index in [1.54, 1.807) is 13.3 Å². The Hall–Kier alpha value is -2.75. The van der Waals surface area contributed by atoms with Crippen molar-refractivity contribution in [1.82, 2.24) is 4.98 Å². The van der Waals surface area contributed by atoms with E-state index in [1.807, 2.05) is 48.5 Å². The maximum absolute atomic E-state index is 5.79. The molecular weight excluding hydrogens is 250 g/mol. The summed E-state index contributed by atoms with van der Waals surface area (Å²) < 4.78 is 5.22. The average molecular weight is 265 g/mol. The van der Waals surface area contributed by atoms with Gasteiger partial charge in [0, 0.05) is 34.7 Å². The average Bonchev–Trinajstić information content (AvgIpc) is 2.47. The smallest absolute Gasteiger partial charge is 0.121 e. The van der Waals surface area contributed by atoms with Crippen LogP contribution in [-0.4, -0.2) is 12.1 Å². The van der Waals surface area contributed by atoms with Crippen molar-refractivity contribution in [3.8, 4) is 5.75 Å². The van der Waals surface area contributed by atoms with E-state index in [0.29, 0.717) is 0 Å². The zero-order valence-electron chi connectivity index (χ0n) is 11.1. The van der Waals surface area contributed by atoms with Crippen molar-refractivity contribution in [3.05, 3.63) is 54.7 Å². The van der Waals surface area contributed by atoms with Crippen LogP contribution in [0.25, 0.3) is 10.9 Å². The third kappa shape index (κ3) is 2.36. The molecule has 0 aliphatic rings. The van der Waals surface area contributed by atoms with Gasteiger partial charge in [-0.1, -0.05) is 6.07 Å². The molecule has 3 aromatic rings. The summed E-state index contributed by atoms with van der Waals surface area (Å²) in [6.45, 7) is 0. The van der Waals surface area contributed by atoms with E-state index in [-0.39, 0.29) is 0 Å². The van der Waals surface area contributed by atoms with Gasteiger partial charge in [0.25, 0.3) is 0 Å². The molecule has 4 nitrogen and oxygen atoms in total. The number of hydrogen-bond donors (Lipinski definition) is 2.